The highest BCUT2D eigenvalue weighted by atomic mass is 32.1. The average Bonchev–Trinajstić information content (AvgIpc) is 3.26. The van der Waals surface area contributed by atoms with Crippen molar-refractivity contribution < 1.29 is 28.5 Å². The minimum Gasteiger partial charge on any atom is -0.497 e. The van der Waals surface area contributed by atoms with Gasteiger partial charge in [0, 0.05) is 10.9 Å². The lowest BCUT2D eigenvalue weighted by atomic mass is 10.2. The van der Waals surface area contributed by atoms with Gasteiger partial charge in [-0.15, -0.1) is 11.3 Å². The van der Waals surface area contributed by atoms with Crippen LogP contribution in [0, 0.1) is 0 Å². The van der Waals surface area contributed by atoms with Crippen LogP contribution in [0.15, 0.2) is 47.8 Å². The van der Waals surface area contributed by atoms with E-state index >= 15 is 0 Å². The van der Waals surface area contributed by atoms with Crippen molar-refractivity contribution in [3.63, 3.8) is 0 Å². The smallest absolute Gasteiger partial charge is 0.347 e. The highest BCUT2D eigenvalue weighted by molar-refractivity contribution is 7.13. The Bertz CT molecular complexity index is 986. The molecule has 0 N–H and O–H groups in total. The molecule has 1 heterocycles. The highest BCUT2D eigenvalue weighted by Crippen LogP contribution is 2.33. The van der Waals surface area contributed by atoms with Gasteiger partial charge in [0.15, 0.2) is 17.6 Å². The Morgan fingerprint density at radius 3 is 2.33 bits per heavy atom. The van der Waals surface area contributed by atoms with Gasteiger partial charge < -0.3 is 23.7 Å². The van der Waals surface area contributed by atoms with Crippen LogP contribution in [0.2, 0.25) is 0 Å². The molecule has 2 aromatic carbocycles. The zero-order valence-electron chi connectivity index (χ0n) is 17.2. The molecule has 1 atom stereocenters. The van der Waals surface area contributed by atoms with Crippen molar-refractivity contribution in [1.29, 1.82) is 0 Å². The Balaban J connectivity index is 1.57. The maximum atomic E-state index is 12.2. The van der Waals surface area contributed by atoms with Crippen LogP contribution in [-0.4, -0.2) is 38.4 Å². The molecule has 1 aromatic heterocycles. The number of esters is 1. The number of hydrogen-bond acceptors (Lipinski definition) is 8. The molecule has 3 aromatic rings. The van der Waals surface area contributed by atoms with Crippen LogP contribution in [-0.2, 0) is 16.1 Å². The van der Waals surface area contributed by atoms with E-state index in [4.69, 9.17) is 23.7 Å². The van der Waals surface area contributed by atoms with Gasteiger partial charge in [-0.3, -0.25) is 0 Å². The first-order valence-electron chi connectivity index (χ1n) is 9.18. The molecule has 8 heteroatoms. The second-order valence-electron chi connectivity index (χ2n) is 6.26. The molecule has 0 aliphatic heterocycles. The quantitative estimate of drug-likeness (QED) is 0.468. The number of thiazole rings is 1. The zero-order chi connectivity index (χ0) is 21.5. The largest absolute Gasteiger partial charge is 0.497 e. The van der Waals surface area contributed by atoms with Gasteiger partial charge in [0.1, 0.15) is 23.1 Å². The van der Waals surface area contributed by atoms with E-state index in [1.807, 2.05) is 23.6 Å². The van der Waals surface area contributed by atoms with Crippen molar-refractivity contribution in [3.05, 3.63) is 53.5 Å². The third-order valence-corrected chi connectivity index (χ3v) is 5.19. The predicted molar refractivity (Wildman–Crippen MR) is 114 cm³/mol. The predicted octanol–water partition coefficient (Wildman–Crippen LogP) is 4.35. The van der Waals surface area contributed by atoms with Crippen LogP contribution >= 0.6 is 11.3 Å². The molecular formula is C22H23NO6S. The fourth-order valence-corrected chi connectivity index (χ4v) is 3.45. The first kappa shape index (κ1) is 21.4. The van der Waals surface area contributed by atoms with E-state index in [1.165, 1.54) is 11.3 Å². The lowest BCUT2D eigenvalue weighted by Gasteiger charge is -2.13. The molecule has 0 amide bonds. The molecule has 30 heavy (non-hydrogen) atoms. The third kappa shape index (κ3) is 5.21. The summed E-state index contributed by atoms with van der Waals surface area (Å²) in [6.07, 6.45) is -0.748. The van der Waals surface area contributed by atoms with Gasteiger partial charge in [-0.05, 0) is 49.4 Å². The maximum Gasteiger partial charge on any atom is 0.347 e. The van der Waals surface area contributed by atoms with Gasteiger partial charge in [0.25, 0.3) is 0 Å². The second kappa shape index (κ2) is 9.98. The van der Waals surface area contributed by atoms with Crippen molar-refractivity contribution in [2.75, 3.05) is 21.3 Å². The van der Waals surface area contributed by atoms with Crippen LogP contribution in [0.1, 0.15) is 12.6 Å². The molecule has 7 nitrogen and oxygen atoms in total. The van der Waals surface area contributed by atoms with Crippen molar-refractivity contribution in [2.24, 2.45) is 0 Å². The standard InChI is InChI=1S/C22H23NO6S/c1-14(29-18-8-6-17(25-2)7-9-18)22(24)28-12-16-13-30-21(23-16)15-5-10-19(26-3)20(11-15)27-4/h5-11,13-14H,12H2,1-4H3. The molecule has 0 radical (unpaired) electrons. The van der Waals surface area contributed by atoms with Crippen LogP contribution in [0.25, 0.3) is 10.6 Å². The number of benzene rings is 2. The summed E-state index contributed by atoms with van der Waals surface area (Å²) in [5, 5.41) is 2.65. The molecule has 0 saturated carbocycles. The fourth-order valence-electron chi connectivity index (χ4n) is 2.64. The third-order valence-electron chi connectivity index (χ3n) is 4.25. The summed E-state index contributed by atoms with van der Waals surface area (Å²) in [4.78, 5) is 16.8. The summed E-state index contributed by atoms with van der Waals surface area (Å²) in [5.41, 5.74) is 1.56. The Kier molecular flexibility index (Phi) is 7.13. The van der Waals surface area contributed by atoms with Crippen LogP contribution in [0.3, 0.4) is 0 Å². The molecule has 3 rings (SSSR count). The number of rotatable bonds is 9. The normalized spacial score (nSPS) is 11.5. The summed E-state index contributed by atoms with van der Waals surface area (Å²) >= 11 is 1.46. The van der Waals surface area contributed by atoms with Crippen molar-refractivity contribution in [3.8, 4) is 33.6 Å². The summed E-state index contributed by atoms with van der Waals surface area (Å²) in [5.74, 6) is 2.09. The Labute approximate surface area is 179 Å². The molecule has 0 aliphatic carbocycles. The highest BCUT2D eigenvalue weighted by Gasteiger charge is 2.17. The number of carbonyl (C=O) groups is 1. The van der Waals surface area contributed by atoms with E-state index < -0.39 is 12.1 Å². The van der Waals surface area contributed by atoms with E-state index in [1.54, 1.807) is 52.5 Å². The number of hydrogen-bond donors (Lipinski definition) is 0. The Morgan fingerprint density at radius 1 is 0.967 bits per heavy atom. The maximum absolute atomic E-state index is 12.2. The molecule has 0 saturated heterocycles. The fraction of sp³-hybridized carbons (Fsp3) is 0.273. The van der Waals surface area contributed by atoms with Crippen molar-refractivity contribution >= 4 is 17.3 Å². The minimum absolute atomic E-state index is 0.0684. The molecular weight excluding hydrogens is 406 g/mol. The first-order valence-corrected chi connectivity index (χ1v) is 10.1. The van der Waals surface area contributed by atoms with E-state index in [0.717, 1.165) is 10.6 Å². The van der Waals surface area contributed by atoms with Crippen molar-refractivity contribution in [2.45, 2.75) is 19.6 Å². The van der Waals surface area contributed by atoms with Crippen LogP contribution in [0.5, 0.6) is 23.0 Å². The van der Waals surface area contributed by atoms with E-state index in [9.17, 15) is 4.79 Å². The van der Waals surface area contributed by atoms with Gasteiger partial charge in [-0.1, -0.05) is 0 Å². The van der Waals surface area contributed by atoms with Crippen LogP contribution in [0.4, 0.5) is 0 Å². The molecule has 0 fully saturated rings. The Morgan fingerprint density at radius 2 is 1.67 bits per heavy atom. The molecule has 0 aliphatic rings. The molecule has 1 unspecified atom stereocenters. The van der Waals surface area contributed by atoms with E-state index in [0.29, 0.717) is 28.7 Å². The summed E-state index contributed by atoms with van der Waals surface area (Å²) in [7, 11) is 4.77. The van der Waals surface area contributed by atoms with Crippen molar-refractivity contribution in [1.82, 2.24) is 4.98 Å². The van der Waals surface area contributed by atoms with Crippen LogP contribution < -0.4 is 18.9 Å². The van der Waals surface area contributed by atoms with Gasteiger partial charge in [-0.25, -0.2) is 9.78 Å². The second-order valence-corrected chi connectivity index (χ2v) is 7.12. The summed E-state index contributed by atoms with van der Waals surface area (Å²) in [6, 6.07) is 12.6. The van der Waals surface area contributed by atoms with Gasteiger partial charge in [-0.2, -0.15) is 0 Å². The summed E-state index contributed by atoms with van der Waals surface area (Å²) in [6.45, 7) is 1.71. The van der Waals surface area contributed by atoms with Gasteiger partial charge in [0.2, 0.25) is 0 Å². The number of methoxy groups -OCH3 is 3. The number of ether oxygens (including phenoxy) is 5. The Hall–Kier alpha value is -3.26. The number of aromatic nitrogens is 1. The van der Waals surface area contributed by atoms with E-state index in [2.05, 4.69) is 4.98 Å². The number of nitrogens with zero attached hydrogens (tertiary/aromatic N) is 1. The average molecular weight is 429 g/mol. The van der Waals surface area contributed by atoms with E-state index in [-0.39, 0.29) is 6.61 Å². The monoisotopic (exact) mass is 429 g/mol. The molecule has 158 valence electrons. The lowest BCUT2D eigenvalue weighted by molar-refractivity contribution is -0.152. The minimum atomic E-state index is -0.748. The van der Waals surface area contributed by atoms with Gasteiger partial charge in [0.05, 0.1) is 27.0 Å². The SMILES string of the molecule is COc1ccc(OC(C)C(=O)OCc2csc(-c3ccc(OC)c(OC)c3)n2)cc1. The lowest BCUT2D eigenvalue weighted by Crippen LogP contribution is -2.26. The number of carbonyl (C=O) groups excluding carboxylic acids is 1. The first-order chi connectivity index (χ1) is 14.5. The summed E-state index contributed by atoms with van der Waals surface area (Å²) < 4.78 is 26.7. The molecule has 0 bridgehead atoms. The molecule has 0 spiro atoms. The topological polar surface area (TPSA) is 76.1 Å². The van der Waals surface area contributed by atoms with Gasteiger partial charge >= 0.3 is 5.97 Å². The zero-order valence-corrected chi connectivity index (χ0v) is 18.0.